The molecule has 1 heterocycles. The van der Waals surface area contributed by atoms with E-state index in [9.17, 15) is 22.8 Å². The second-order valence-electron chi connectivity index (χ2n) is 10.6. The van der Waals surface area contributed by atoms with Crippen LogP contribution in [0.2, 0.25) is 5.02 Å². The van der Waals surface area contributed by atoms with Crippen LogP contribution in [-0.4, -0.2) is 74.7 Å². The van der Waals surface area contributed by atoms with E-state index in [1.807, 2.05) is 14.1 Å². The molecule has 0 spiro atoms. The summed E-state index contributed by atoms with van der Waals surface area (Å²) in [6, 6.07) is 12.4. The molecular formula is C30H39ClF3N3O3. The SMILES string of the molecule is CN(C)CCCNC(=O)c1ccc(OCCCCC2CCN(C(=O)[C@H](c3ccccc3)C(F)(F)F)CC2)cc1Cl. The Morgan fingerprint density at radius 1 is 1.07 bits per heavy atom. The predicted octanol–water partition coefficient (Wildman–Crippen LogP) is 6.16. The molecular weight excluding hydrogens is 543 g/mol. The number of amides is 2. The number of carbonyl (C=O) groups excluding carboxylic acids is 2. The molecule has 1 aliphatic heterocycles. The number of unbranched alkanes of at least 4 members (excludes halogenated alkanes) is 1. The Bertz CT molecular complexity index is 1090. The lowest BCUT2D eigenvalue weighted by Crippen LogP contribution is -2.44. The summed E-state index contributed by atoms with van der Waals surface area (Å²) in [6.45, 7) is 2.63. The Hall–Kier alpha value is -2.78. The quantitative estimate of drug-likeness (QED) is 0.288. The number of nitrogens with one attached hydrogen (secondary N) is 1. The molecule has 0 aliphatic carbocycles. The number of benzene rings is 2. The average Bonchev–Trinajstić information content (AvgIpc) is 2.91. The van der Waals surface area contributed by atoms with Crippen molar-refractivity contribution >= 4 is 23.4 Å². The van der Waals surface area contributed by atoms with Gasteiger partial charge in [0.1, 0.15) is 5.75 Å². The van der Waals surface area contributed by atoms with Gasteiger partial charge < -0.3 is 19.9 Å². The molecule has 1 aliphatic rings. The maximum atomic E-state index is 13.7. The van der Waals surface area contributed by atoms with Crippen molar-refractivity contribution in [2.24, 2.45) is 5.92 Å². The molecule has 1 atom stereocenters. The lowest BCUT2D eigenvalue weighted by Gasteiger charge is -2.35. The van der Waals surface area contributed by atoms with Crippen molar-refractivity contribution < 1.29 is 27.5 Å². The fourth-order valence-corrected chi connectivity index (χ4v) is 5.19. The first-order valence-electron chi connectivity index (χ1n) is 13.8. The van der Waals surface area contributed by atoms with Gasteiger partial charge in [0.25, 0.3) is 5.91 Å². The third kappa shape index (κ3) is 9.70. The summed E-state index contributed by atoms with van der Waals surface area (Å²) < 4.78 is 47.0. The summed E-state index contributed by atoms with van der Waals surface area (Å²) in [5.41, 5.74) is 0.394. The topological polar surface area (TPSA) is 61.9 Å². The summed E-state index contributed by atoms with van der Waals surface area (Å²) >= 11 is 6.30. The van der Waals surface area contributed by atoms with E-state index >= 15 is 0 Å². The maximum Gasteiger partial charge on any atom is 0.404 e. The van der Waals surface area contributed by atoms with E-state index in [1.54, 1.807) is 24.3 Å². The summed E-state index contributed by atoms with van der Waals surface area (Å²) in [7, 11) is 3.97. The van der Waals surface area contributed by atoms with Crippen molar-refractivity contribution in [1.29, 1.82) is 0 Å². The fourth-order valence-electron chi connectivity index (χ4n) is 4.93. The molecule has 1 N–H and O–H groups in total. The molecule has 1 fully saturated rings. The average molecular weight is 582 g/mol. The van der Waals surface area contributed by atoms with Crippen LogP contribution in [0.1, 0.15) is 60.4 Å². The summed E-state index contributed by atoms with van der Waals surface area (Å²) in [4.78, 5) is 28.6. The zero-order chi connectivity index (χ0) is 29.1. The van der Waals surface area contributed by atoms with Crippen LogP contribution in [0, 0.1) is 5.92 Å². The van der Waals surface area contributed by atoms with Crippen molar-refractivity contribution in [3.05, 3.63) is 64.7 Å². The minimum absolute atomic E-state index is 0.0167. The van der Waals surface area contributed by atoms with Crippen LogP contribution in [0.15, 0.2) is 48.5 Å². The van der Waals surface area contributed by atoms with E-state index in [2.05, 4.69) is 10.2 Å². The number of carbonyl (C=O) groups is 2. The summed E-state index contributed by atoms with van der Waals surface area (Å²) in [5, 5.41) is 3.21. The van der Waals surface area contributed by atoms with Gasteiger partial charge in [0.05, 0.1) is 17.2 Å². The normalized spacial score (nSPS) is 15.2. The first-order valence-corrected chi connectivity index (χ1v) is 14.2. The van der Waals surface area contributed by atoms with E-state index in [0.717, 1.165) is 32.2 Å². The van der Waals surface area contributed by atoms with E-state index in [4.69, 9.17) is 16.3 Å². The fraction of sp³-hybridized carbons (Fsp3) is 0.533. The van der Waals surface area contributed by atoms with Gasteiger partial charge in [-0.2, -0.15) is 13.2 Å². The van der Waals surface area contributed by atoms with Gasteiger partial charge >= 0.3 is 6.18 Å². The van der Waals surface area contributed by atoms with Crippen LogP contribution in [-0.2, 0) is 4.79 Å². The number of alkyl halides is 3. The molecule has 2 aromatic rings. The van der Waals surface area contributed by atoms with Gasteiger partial charge in [-0.15, -0.1) is 0 Å². The molecule has 3 rings (SSSR count). The highest BCUT2D eigenvalue weighted by molar-refractivity contribution is 6.34. The summed E-state index contributed by atoms with van der Waals surface area (Å²) in [5.74, 6) is -2.23. The molecule has 0 aromatic heterocycles. The van der Waals surface area contributed by atoms with Crippen LogP contribution < -0.4 is 10.1 Å². The molecule has 6 nitrogen and oxygen atoms in total. The van der Waals surface area contributed by atoms with Crippen LogP contribution in [0.25, 0.3) is 0 Å². The molecule has 220 valence electrons. The van der Waals surface area contributed by atoms with Gasteiger partial charge in [0.15, 0.2) is 5.92 Å². The monoisotopic (exact) mass is 581 g/mol. The van der Waals surface area contributed by atoms with Crippen molar-refractivity contribution in [3.63, 3.8) is 0 Å². The highest BCUT2D eigenvalue weighted by Crippen LogP contribution is 2.37. The van der Waals surface area contributed by atoms with Crippen LogP contribution in [0.3, 0.4) is 0 Å². The number of likely N-dealkylation sites (tertiary alicyclic amines) is 1. The van der Waals surface area contributed by atoms with Crippen LogP contribution in [0.4, 0.5) is 13.2 Å². The lowest BCUT2D eigenvalue weighted by atomic mass is 9.90. The third-order valence-electron chi connectivity index (χ3n) is 7.16. The van der Waals surface area contributed by atoms with Gasteiger partial charge in [0.2, 0.25) is 5.91 Å². The van der Waals surface area contributed by atoms with Gasteiger partial charge in [-0.25, -0.2) is 0 Å². The molecule has 0 saturated carbocycles. The second-order valence-corrected chi connectivity index (χ2v) is 11.0. The van der Waals surface area contributed by atoms with E-state index in [0.29, 0.717) is 61.3 Å². The van der Waals surface area contributed by atoms with E-state index in [1.165, 1.54) is 29.2 Å². The zero-order valence-corrected chi connectivity index (χ0v) is 23.9. The minimum atomic E-state index is -4.63. The number of hydrogen-bond donors (Lipinski definition) is 1. The van der Waals surface area contributed by atoms with Crippen molar-refractivity contribution in [1.82, 2.24) is 15.1 Å². The van der Waals surface area contributed by atoms with Gasteiger partial charge in [-0.1, -0.05) is 48.4 Å². The minimum Gasteiger partial charge on any atom is -0.494 e. The Morgan fingerprint density at radius 2 is 1.77 bits per heavy atom. The zero-order valence-electron chi connectivity index (χ0n) is 23.2. The largest absolute Gasteiger partial charge is 0.494 e. The first-order chi connectivity index (χ1) is 19.1. The molecule has 2 amide bonds. The van der Waals surface area contributed by atoms with Crippen molar-refractivity contribution in [2.45, 2.75) is 50.6 Å². The van der Waals surface area contributed by atoms with Crippen LogP contribution >= 0.6 is 11.6 Å². The van der Waals surface area contributed by atoms with Gasteiger partial charge in [-0.05, 0) is 82.4 Å². The molecule has 10 heteroatoms. The number of halogens is 4. The number of nitrogens with zero attached hydrogens (tertiary/aromatic N) is 2. The van der Waals surface area contributed by atoms with Gasteiger partial charge in [-0.3, -0.25) is 9.59 Å². The standard InChI is InChI=1S/C30H39ClF3N3O3/c1-36(2)17-8-16-35-28(38)25-13-12-24(21-26(25)31)40-20-7-6-9-22-14-18-37(19-15-22)29(39)27(30(32,33)34)23-10-4-3-5-11-23/h3-5,10-13,21-22,27H,6-9,14-20H2,1-2H3,(H,35,38)/t27-/m0/s1. The number of piperidine rings is 1. The molecule has 0 bridgehead atoms. The Labute approximate surface area is 239 Å². The maximum absolute atomic E-state index is 13.7. The smallest absolute Gasteiger partial charge is 0.404 e. The van der Waals surface area contributed by atoms with Crippen molar-refractivity contribution in [2.75, 3.05) is 46.9 Å². The highest BCUT2D eigenvalue weighted by Gasteiger charge is 2.47. The highest BCUT2D eigenvalue weighted by atomic mass is 35.5. The number of rotatable bonds is 13. The molecule has 0 unspecified atom stereocenters. The Balaban J connectivity index is 1.36. The predicted molar refractivity (Wildman–Crippen MR) is 151 cm³/mol. The first kappa shape index (κ1) is 31.7. The lowest BCUT2D eigenvalue weighted by molar-refractivity contribution is -0.172. The Kier molecular flexibility index (Phi) is 12.1. The van der Waals surface area contributed by atoms with Gasteiger partial charge in [0, 0.05) is 19.6 Å². The van der Waals surface area contributed by atoms with Crippen molar-refractivity contribution in [3.8, 4) is 5.75 Å². The molecule has 2 aromatic carbocycles. The second kappa shape index (κ2) is 15.3. The van der Waals surface area contributed by atoms with E-state index in [-0.39, 0.29) is 11.5 Å². The van der Waals surface area contributed by atoms with E-state index < -0.39 is 18.0 Å². The molecule has 0 radical (unpaired) electrons. The summed E-state index contributed by atoms with van der Waals surface area (Å²) in [6.07, 6.45) is 0.268. The third-order valence-corrected chi connectivity index (χ3v) is 7.47. The Morgan fingerprint density at radius 3 is 2.40 bits per heavy atom. The molecule has 1 saturated heterocycles. The number of ether oxygens (including phenoxy) is 1. The molecule has 40 heavy (non-hydrogen) atoms. The van der Waals surface area contributed by atoms with Crippen LogP contribution in [0.5, 0.6) is 5.75 Å². The number of hydrogen-bond acceptors (Lipinski definition) is 4.